The van der Waals surface area contributed by atoms with Gasteiger partial charge < -0.3 is 9.47 Å². The van der Waals surface area contributed by atoms with Crippen LogP contribution in [-0.2, 0) is 6.18 Å². The molecule has 5 nitrogen and oxygen atoms in total. The largest absolute Gasteiger partial charge is 0.417 e. The van der Waals surface area contributed by atoms with Crippen molar-refractivity contribution in [1.82, 2.24) is 14.5 Å². The average Bonchev–Trinajstić information content (AvgIpc) is 3.46. The van der Waals surface area contributed by atoms with Crippen LogP contribution < -0.4 is 4.90 Å². The van der Waals surface area contributed by atoms with Gasteiger partial charge in [0.25, 0.3) is 0 Å². The van der Waals surface area contributed by atoms with Gasteiger partial charge in [-0.25, -0.2) is 4.98 Å². The molecule has 0 N–H and O–H groups in total. The zero-order valence-electron chi connectivity index (χ0n) is 16.7. The van der Waals surface area contributed by atoms with E-state index in [0.29, 0.717) is 44.6 Å². The van der Waals surface area contributed by atoms with Crippen molar-refractivity contribution >= 4 is 11.6 Å². The second-order valence-electron chi connectivity index (χ2n) is 7.98. The molecule has 0 amide bonds. The van der Waals surface area contributed by atoms with E-state index in [4.69, 9.17) is 0 Å². The number of alkyl halides is 3. The van der Waals surface area contributed by atoms with Crippen molar-refractivity contribution in [1.29, 1.82) is 0 Å². The van der Waals surface area contributed by atoms with Crippen LogP contribution in [0.5, 0.6) is 0 Å². The Bertz CT molecular complexity index is 892. The van der Waals surface area contributed by atoms with E-state index in [9.17, 15) is 18.0 Å². The first-order valence-electron chi connectivity index (χ1n) is 9.96. The first kappa shape index (κ1) is 19.9. The molecule has 0 atom stereocenters. The minimum atomic E-state index is -4.38. The molecule has 0 bridgehead atoms. The fourth-order valence-corrected chi connectivity index (χ4v) is 4.12. The summed E-state index contributed by atoms with van der Waals surface area (Å²) in [6.45, 7) is 7.05. The maximum Gasteiger partial charge on any atom is 0.417 e. The summed E-state index contributed by atoms with van der Waals surface area (Å²) in [5.41, 5.74) is 2.27. The number of Topliss-reactive ketones (excluding diaryl/α,β-unsaturated/α-hetero) is 1. The van der Waals surface area contributed by atoms with Gasteiger partial charge in [-0.3, -0.25) is 9.69 Å². The molecule has 156 valence electrons. The van der Waals surface area contributed by atoms with Gasteiger partial charge in [0, 0.05) is 55.4 Å². The fraction of sp³-hybridized carbons (Fsp3) is 0.524. The quantitative estimate of drug-likeness (QED) is 0.708. The number of carbonyl (C=O) groups is 1. The second-order valence-corrected chi connectivity index (χ2v) is 7.98. The SMILES string of the molecule is Cc1cc(C(=O)CN2CCN(c3ccc(C(F)(F)F)cn3)CC2)c(C)n1C1CC1. The Hall–Kier alpha value is -2.35. The minimum Gasteiger partial charge on any atom is -0.354 e. The number of nitrogens with zero attached hydrogens (tertiary/aromatic N) is 4. The monoisotopic (exact) mass is 406 g/mol. The van der Waals surface area contributed by atoms with Gasteiger partial charge in [-0.15, -0.1) is 0 Å². The summed E-state index contributed by atoms with van der Waals surface area (Å²) < 4.78 is 40.3. The standard InChI is InChI=1S/C21H25F3N4O/c1-14-11-18(15(2)28(14)17-4-5-17)19(29)13-26-7-9-27(10-8-26)20-6-3-16(12-25-20)21(22,23)24/h3,6,11-12,17H,4-5,7-10,13H2,1-2H3. The van der Waals surface area contributed by atoms with Gasteiger partial charge in [0.2, 0.25) is 0 Å². The van der Waals surface area contributed by atoms with Gasteiger partial charge >= 0.3 is 6.18 Å². The normalized spacial score (nSPS) is 18.3. The molecule has 2 aromatic rings. The van der Waals surface area contributed by atoms with E-state index in [0.717, 1.165) is 29.2 Å². The molecular formula is C21H25F3N4O. The molecule has 3 heterocycles. The molecular weight excluding hydrogens is 381 g/mol. The van der Waals surface area contributed by atoms with Gasteiger partial charge in [-0.1, -0.05) is 0 Å². The van der Waals surface area contributed by atoms with E-state index in [1.165, 1.54) is 18.9 Å². The average molecular weight is 406 g/mol. The van der Waals surface area contributed by atoms with Crippen LogP contribution in [0.4, 0.5) is 19.0 Å². The number of halogens is 3. The molecule has 1 saturated carbocycles. The number of aromatic nitrogens is 2. The zero-order chi connectivity index (χ0) is 20.8. The van der Waals surface area contributed by atoms with Gasteiger partial charge in [-0.05, 0) is 44.9 Å². The zero-order valence-corrected chi connectivity index (χ0v) is 16.7. The van der Waals surface area contributed by atoms with Crippen molar-refractivity contribution in [3.8, 4) is 0 Å². The Morgan fingerprint density at radius 3 is 2.38 bits per heavy atom. The highest BCUT2D eigenvalue weighted by atomic mass is 19.4. The van der Waals surface area contributed by atoms with Crippen LogP contribution in [0.15, 0.2) is 24.4 Å². The molecule has 2 aliphatic rings. The van der Waals surface area contributed by atoms with Crippen molar-refractivity contribution in [2.75, 3.05) is 37.6 Å². The topological polar surface area (TPSA) is 41.4 Å². The Morgan fingerprint density at radius 2 is 1.83 bits per heavy atom. The lowest BCUT2D eigenvalue weighted by Gasteiger charge is -2.35. The van der Waals surface area contributed by atoms with Crippen molar-refractivity contribution < 1.29 is 18.0 Å². The Kier molecular flexibility index (Phi) is 5.14. The summed E-state index contributed by atoms with van der Waals surface area (Å²) >= 11 is 0. The van der Waals surface area contributed by atoms with Crippen LogP contribution in [0.25, 0.3) is 0 Å². The molecule has 1 aliphatic carbocycles. The number of aryl methyl sites for hydroxylation is 1. The molecule has 0 radical (unpaired) electrons. The first-order valence-corrected chi connectivity index (χ1v) is 9.96. The number of pyridine rings is 1. The van der Waals surface area contributed by atoms with Crippen molar-refractivity contribution in [2.45, 2.75) is 38.9 Å². The molecule has 1 saturated heterocycles. The summed E-state index contributed by atoms with van der Waals surface area (Å²) in [6.07, 6.45) is -1.13. The number of anilines is 1. The Balaban J connectivity index is 1.34. The van der Waals surface area contributed by atoms with E-state index >= 15 is 0 Å². The van der Waals surface area contributed by atoms with E-state index in [1.807, 2.05) is 17.9 Å². The molecule has 8 heteroatoms. The van der Waals surface area contributed by atoms with Crippen molar-refractivity contribution in [3.05, 3.63) is 46.9 Å². The lowest BCUT2D eigenvalue weighted by Crippen LogP contribution is -2.48. The van der Waals surface area contributed by atoms with E-state index in [1.54, 1.807) is 0 Å². The van der Waals surface area contributed by atoms with E-state index in [2.05, 4.69) is 21.4 Å². The van der Waals surface area contributed by atoms with Crippen LogP contribution in [0.1, 0.15) is 46.2 Å². The fourth-order valence-electron chi connectivity index (χ4n) is 4.12. The summed E-state index contributed by atoms with van der Waals surface area (Å²) in [5.74, 6) is 0.670. The first-order chi connectivity index (χ1) is 13.7. The molecule has 0 aromatic carbocycles. The molecule has 0 unspecified atom stereocenters. The van der Waals surface area contributed by atoms with Crippen molar-refractivity contribution in [2.24, 2.45) is 0 Å². The van der Waals surface area contributed by atoms with Gasteiger partial charge in [0.15, 0.2) is 5.78 Å². The second kappa shape index (κ2) is 7.48. The number of carbonyl (C=O) groups excluding carboxylic acids is 1. The highest BCUT2D eigenvalue weighted by Crippen LogP contribution is 2.38. The summed E-state index contributed by atoms with van der Waals surface area (Å²) in [7, 11) is 0. The minimum absolute atomic E-state index is 0.131. The molecule has 2 aromatic heterocycles. The summed E-state index contributed by atoms with van der Waals surface area (Å²) in [5, 5.41) is 0. The smallest absolute Gasteiger partial charge is 0.354 e. The van der Waals surface area contributed by atoms with Gasteiger partial charge in [0.1, 0.15) is 5.82 Å². The predicted octanol–water partition coefficient (Wildman–Crippen LogP) is 3.86. The van der Waals surface area contributed by atoms with E-state index < -0.39 is 11.7 Å². The van der Waals surface area contributed by atoms with Gasteiger partial charge in [-0.2, -0.15) is 13.2 Å². The number of hydrogen-bond donors (Lipinski definition) is 0. The Morgan fingerprint density at radius 1 is 1.14 bits per heavy atom. The lowest BCUT2D eigenvalue weighted by molar-refractivity contribution is -0.137. The third-order valence-electron chi connectivity index (χ3n) is 5.84. The van der Waals surface area contributed by atoms with Crippen LogP contribution in [0, 0.1) is 13.8 Å². The third kappa shape index (κ3) is 4.17. The molecule has 29 heavy (non-hydrogen) atoms. The Labute approximate surface area is 168 Å². The van der Waals surface area contributed by atoms with Crippen LogP contribution in [0.3, 0.4) is 0 Å². The third-order valence-corrected chi connectivity index (χ3v) is 5.84. The number of hydrogen-bond acceptors (Lipinski definition) is 4. The number of piperazine rings is 1. The van der Waals surface area contributed by atoms with Crippen molar-refractivity contribution in [3.63, 3.8) is 0 Å². The maximum absolute atomic E-state index is 12.8. The highest BCUT2D eigenvalue weighted by molar-refractivity contribution is 5.99. The van der Waals surface area contributed by atoms with E-state index in [-0.39, 0.29) is 5.78 Å². The molecule has 4 rings (SSSR count). The van der Waals surface area contributed by atoms with Crippen LogP contribution in [-0.4, -0.2) is 53.0 Å². The summed E-state index contributed by atoms with van der Waals surface area (Å²) in [4.78, 5) is 20.9. The predicted molar refractivity (Wildman–Crippen MR) is 104 cm³/mol. The summed E-state index contributed by atoms with van der Waals surface area (Å²) in [6, 6.07) is 5.03. The van der Waals surface area contributed by atoms with Crippen LogP contribution >= 0.6 is 0 Å². The lowest BCUT2D eigenvalue weighted by atomic mass is 10.1. The molecule has 1 aliphatic heterocycles. The highest BCUT2D eigenvalue weighted by Gasteiger charge is 2.31. The maximum atomic E-state index is 12.8. The molecule has 2 fully saturated rings. The van der Waals surface area contributed by atoms with Crippen LogP contribution in [0.2, 0.25) is 0 Å². The molecule has 0 spiro atoms. The van der Waals surface area contributed by atoms with Gasteiger partial charge in [0.05, 0.1) is 12.1 Å². The number of rotatable bonds is 5. The number of ketones is 1.